The molecule has 0 amide bonds. The van der Waals surface area contributed by atoms with Crippen LogP contribution >= 0.6 is 0 Å². The zero-order valence-corrected chi connectivity index (χ0v) is 27.6. The van der Waals surface area contributed by atoms with Gasteiger partial charge in [-0.25, -0.2) is 0 Å². The van der Waals surface area contributed by atoms with E-state index in [1.54, 1.807) is 0 Å². The van der Waals surface area contributed by atoms with Gasteiger partial charge in [0.05, 0.1) is 0 Å². The van der Waals surface area contributed by atoms with Crippen molar-refractivity contribution in [3.8, 4) is 0 Å². The van der Waals surface area contributed by atoms with Crippen molar-refractivity contribution in [3.63, 3.8) is 0 Å². The van der Waals surface area contributed by atoms with Gasteiger partial charge >= 0.3 is 275 Å². The summed E-state index contributed by atoms with van der Waals surface area (Å²) in [6, 6.07) is 73.7. The van der Waals surface area contributed by atoms with E-state index in [1.165, 1.54) is 44.8 Å². The first-order valence-corrected chi connectivity index (χ1v) is 20.1. The second kappa shape index (κ2) is 12.2. The maximum atomic E-state index is 2.42. The third-order valence-corrected chi connectivity index (χ3v) is 19.2. The van der Waals surface area contributed by atoms with E-state index in [0.717, 1.165) is 11.4 Å². The Hall–Kier alpha value is -5.38. The minimum absolute atomic E-state index is 1.14. The zero-order valence-electron chi connectivity index (χ0n) is 25.5. The molecule has 0 atom stereocenters. The molecule has 8 aromatic carbocycles. The summed E-state index contributed by atoms with van der Waals surface area (Å²) in [7, 11) is 0. The topological polar surface area (TPSA) is 3.24 Å². The van der Waals surface area contributed by atoms with Crippen molar-refractivity contribution in [2.45, 2.75) is 0 Å². The Bertz CT molecular complexity index is 2140. The second-order valence-corrected chi connectivity index (χ2v) is 19.8. The van der Waals surface area contributed by atoms with Gasteiger partial charge < -0.3 is 0 Å². The fraction of sp³-hybridized carbons (Fsp3) is 0. The van der Waals surface area contributed by atoms with Crippen molar-refractivity contribution in [2.75, 3.05) is 4.90 Å². The van der Waals surface area contributed by atoms with Gasteiger partial charge in [0.15, 0.2) is 0 Å². The van der Waals surface area contributed by atoms with Gasteiger partial charge in [0.1, 0.15) is 0 Å². The monoisotopic (exact) mass is 649 g/mol. The molecule has 0 aliphatic heterocycles. The van der Waals surface area contributed by atoms with Crippen LogP contribution in [0.3, 0.4) is 0 Å². The van der Waals surface area contributed by atoms with Crippen molar-refractivity contribution >= 4 is 69.5 Å². The Balaban J connectivity index is 1.36. The Morgan fingerprint density at radius 2 is 0.761 bits per heavy atom. The summed E-state index contributed by atoms with van der Waals surface area (Å²) in [6.07, 6.45) is 0. The Labute approximate surface area is 273 Å². The standard InChI is InChI=1S/C44H33GeN/c1-4-19-37(20-5-1)45(38-21-6-2-7-22-38,39-23-8-3-9-24-39)40-28-31-41(32-29-40)46(42-30-27-34-15-10-11-17-36(34)33-42)44-26-14-18-35-16-12-13-25-43(35)44/h1-33H. The van der Waals surface area contributed by atoms with E-state index in [0.29, 0.717) is 0 Å². The van der Waals surface area contributed by atoms with E-state index in [1.807, 2.05) is 0 Å². The Morgan fingerprint density at radius 1 is 0.304 bits per heavy atom. The van der Waals surface area contributed by atoms with Crippen LogP contribution in [-0.2, 0) is 0 Å². The van der Waals surface area contributed by atoms with Gasteiger partial charge in [-0.2, -0.15) is 0 Å². The summed E-state index contributed by atoms with van der Waals surface area (Å²) in [5.74, 6) is 0. The van der Waals surface area contributed by atoms with Crippen molar-refractivity contribution in [1.29, 1.82) is 0 Å². The van der Waals surface area contributed by atoms with Crippen molar-refractivity contribution in [1.82, 2.24) is 0 Å². The first-order valence-electron chi connectivity index (χ1n) is 15.9. The molecular weight excluding hydrogens is 615 g/mol. The number of nitrogens with zero attached hydrogens (tertiary/aromatic N) is 1. The average molecular weight is 648 g/mol. The normalized spacial score (nSPS) is 11.5. The molecule has 0 saturated heterocycles. The molecule has 46 heavy (non-hydrogen) atoms. The summed E-state index contributed by atoms with van der Waals surface area (Å²) in [4.78, 5) is 2.42. The van der Waals surface area contributed by atoms with E-state index in [4.69, 9.17) is 0 Å². The molecule has 0 fully saturated rings. The molecule has 0 saturated carbocycles. The summed E-state index contributed by atoms with van der Waals surface area (Å²) in [5, 5.41) is 4.93. The van der Waals surface area contributed by atoms with Gasteiger partial charge in [0.25, 0.3) is 0 Å². The van der Waals surface area contributed by atoms with Crippen molar-refractivity contribution in [3.05, 3.63) is 200 Å². The van der Waals surface area contributed by atoms with Gasteiger partial charge in [-0.15, -0.1) is 0 Å². The van der Waals surface area contributed by atoms with Crippen LogP contribution < -0.4 is 22.5 Å². The van der Waals surface area contributed by atoms with Gasteiger partial charge in [-0.05, 0) is 0 Å². The van der Waals surface area contributed by atoms with Crippen LogP contribution in [0.5, 0.6) is 0 Å². The molecule has 0 spiro atoms. The van der Waals surface area contributed by atoms with Crippen LogP contribution in [0, 0.1) is 0 Å². The third kappa shape index (κ3) is 4.90. The van der Waals surface area contributed by atoms with E-state index in [9.17, 15) is 0 Å². The SMILES string of the molecule is c1cc[c]([Ge]([c]2ccccc2)([c]2ccccc2)[c]2ccc(N(c3ccc4ccccc4c3)c3cccc4ccccc34)cc2)cc1. The Kier molecular flexibility index (Phi) is 7.45. The first-order chi connectivity index (χ1) is 22.8. The van der Waals surface area contributed by atoms with E-state index >= 15 is 0 Å². The number of fused-ring (bicyclic) bond motifs is 2. The second-order valence-electron chi connectivity index (χ2n) is 11.8. The van der Waals surface area contributed by atoms with Crippen LogP contribution in [0.2, 0.25) is 0 Å². The zero-order chi connectivity index (χ0) is 30.8. The molecule has 0 aliphatic rings. The predicted octanol–water partition coefficient (Wildman–Crippen LogP) is 8.84. The van der Waals surface area contributed by atoms with Crippen LogP contribution in [0.1, 0.15) is 0 Å². The molecule has 218 valence electrons. The van der Waals surface area contributed by atoms with Crippen molar-refractivity contribution in [2.24, 2.45) is 0 Å². The molecule has 0 aromatic heterocycles. The van der Waals surface area contributed by atoms with Crippen LogP contribution in [-0.4, -0.2) is 13.3 Å². The minimum atomic E-state index is -3.36. The average Bonchev–Trinajstić information content (AvgIpc) is 3.14. The predicted molar refractivity (Wildman–Crippen MR) is 200 cm³/mol. The van der Waals surface area contributed by atoms with Gasteiger partial charge in [0, 0.05) is 0 Å². The molecule has 0 heterocycles. The number of rotatable bonds is 7. The molecule has 0 aliphatic carbocycles. The summed E-state index contributed by atoms with van der Waals surface area (Å²) in [5.41, 5.74) is 3.45. The third-order valence-electron chi connectivity index (χ3n) is 9.18. The summed E-state index contributed by atoms with van der Waals surface area (Å²) < 4.78 is 5.68. The van der Waals surface area contributed by atoms with E-state index < -0.39 is 13.3 Å². The van der Waals surface area contributed by atoms with Gasteiger partial charge in [-0.1, -0.05) is 0 Å². The fourth-order valence-corrected chi connectivity index (χ4v) is 17.0. The van der Waals surface area contributed by atoms with Gasteiger partial charge in [0.2, 0.25) is 0 Å². The molecule has 0 unspecified atom stereocenters. The molecule has 2 heteroatoms. The van der Waals surface area contributed by atoms with Crippen molar-refractivity contribution < 1.29 is 0 Å². The quantitative estimate of drug-likeness (QED) is 0.156. The van der Waals surface area contributed by atoms with E-state index in [2.05, 4.69) is 205 Å². The fourth-order valence-electron chi connectivity index (χ4n) is 7.07. The Morgan fingerprint density at radius 3 is 1.37 bits per heavy atom. The number of hydrogen-bond donors (Lipinski definition) is 0. The van der Waals surface area contributed by atoms with Crippen LogP contribution in [0.4, 0.5) is 17.1 Å². The first kappa shape index (κ1) is 28.1. The number of hydrogen-bond acceptors (Lipinski definition) is 1. The summed E-state index contributed by atoms with van der Waals surface area (Å²) >= 11 is -3.36. The number of anilines is 3. The summed E-state index contributed by atoms with van der Waals surface area (Å²) in [6.45, 7) is 0. The van der Waals surface area contributed by atoms with Crippen LogP contribution in [0.15, 0.2) is 200 Å². The van der Waals surface area contributed by atoms with Gasteiger partial charge in [-0.3, -0.25) is 0 Å². The molecule has 0 bridgehead atoms. The number of benzene rings is 8. The maximum absolute atomic E-state index is 3.36. The molecule has 1 nitrogen and oxygen atoms in total. The molecule has 8 aromatic rings. The molecular formula is C44H33GeN. The van der Waals surface area contributed by atoms with Crippen LogP contribution in [0.25, 0.3) is 21.5 Å². The van der Waals surface area contributed by atoms with E-state index in [-0.39, 0.29) is 0 Å². The molecule has 8 rings (SSSR count). The molecule has 0 radical (unpaired) electrons. The molecule has 0 N–H and O–H groups in total.